The summed E-state index contributed by atoms with van der Waals surface area (Å²) in [6.07, 6.45) is 0. The van der Waals surface area contributed by atoms with Crippen molar-refractivity contribution in [2.45, 2.75) is 13.0 Å². The SMILES string of the molecule is COc1ccccc1NC(=O)C1=C(C)Nc2nc(-c3cccc(Cl)c3)nn2C1c1ccccc1. The third-order valence-electron chi connectivity index (χ3n) is 5.65. The molecule has 1 amide bonds. The van der Waals surface area contributed by atoms with E-state index in [1.54, 1.807) is 30.0 Å². The molecule has 4 aromatic rings. The summed E-state index contributed by atoms with van der Waals surface area (Å²) in [4.78, 5) is 18.3. The summed E-state index contributed by atoms with van der Waals surface area (Å²) in [5, 5.41) is 11.6. The van der Waals surface area contributed by atoms with Gasteiger partial charge in [0.2, 0.25) is 5.95 Å². The molecule has 0 saturated carbocycles. The fraction of sp³-hybridized carbons (Fsp3) is 0.115. The number of rotatable bonds is 5. The second kappa shape index (κ2) is 9.03. The van der Waals surface area contributed by atoms with Gasteiger partial charge in [-0.05, 0) is 36.8 Å². The molecule has 0 saturated heterocycles. The zero-order chi connectivity index (χ0) is 23.7. The van der Waals surface area contributed by atoms with Crippen LogP contribution in [0.3, 0.4) is 0 Å². The van der Waals surface area contributed by atoms with Crippen molar-refractivity contribution in [3.63, 3.8) is 0 Å². The largest absolute Gasteiger partial charge is 0.495 e. The lowest BCUT2D eigenvalue weighted by molar-refractivity contribution is -0.113. The van der Waals surface area contributed by atoms with Crippen molar-refractivity contribution in [2.75, 3.05) is 17.7 Å². The molecule has 0 bridgehead atoms. The highest BCUT2D eigenvalue weighted by atomic mass is 35.5. The van der Waals surface area contributed by atoms with E-state index in [4.69, 9.17) is 21.4 Å². The Kier molecular flexibility index (Phi) is 5.77. The first-order valence-electron chi connectivity index (χ1n) is 10.7. The molecule has 3 aromatic carbocycles. The Labute approximate surface area is 202 Å². The summed E-state index contributed by atoms with van der Waals surface area (Å²) < 4.78 is 7.15. The van der Waals surface area contributed by atoms with E-state index in [-0.39, 0.29) is 5.91 Å². The number of halogens is 1. The van der Waals surface area contributed by atoms with Gasteiger partial charge in [-0.15, -0.1) is 5.10 Å². The predicted octanol–water partition coefficient (Wildman–Crippen LogP) is 5.53. The molecule has 2 N–H and O–H groups in total. The van der Waals surface area contributed by atoms with Gasteiger partial charge in [-0.25, -0.2) is 4.68 Å². The van der Waals surface area contributed by atoms with Crippen molar-refractivity contribution >= 4 is 29.1 Å². The summed E-state index contributed by atoms with van der Waals surface area (Å²) in [5.41, 5.74) is 3.52. The molecular formula is C26H22ClN5O2. The predicted molar refractivity (Wildman–Crippen MR) is 133 cm³/mol. The molecule has 2 heterocycles. The molecule has 0 fully saturated rings. The minimum Gasteiger partial charge on any atom is -0.495 e. The van der Waals surface area contributed by atoms with Crippen LogP contribution in [-0.4, -0.2) is 27.8 Å². The third-order valence-corrected chi connectivity index (χ3v) is 5.89. The van der Waals surface area contributed by atoms with Gasteiger partial charge in [-0.2, -0.15) is 4.98 Å². The van der Waals surface area contributed by atoms with Crippen LogP contribution < -0.4 is 15.4 Å². The highest BCUT2D eigenvalue weighted by molar-refractivity contribution is 6.30. The number of methoxy groups -OCH3 is 1. The highest BCUT2D eigenvalue weighted by Gasteiger charge is 2.34. The standard InChI is InChI=1S/C26H22ClN5O2/c1-16-22(25(33)29-20-13-6-7-14-21(20)34-2)23(17-9-4-3-5-10-17)32-26(28-16)30-24(31-32)18-11-8-12-19(27)15-18/h3-15,23H,1-2H3,(H,29,33)(H,28,30,31). The van der Waals surface area contributed by atoms with E-state index >= 15 is 0 Å². The molecule has 5 rings (SSSR count). The van der Waals surface area contributed by atoms with Crippen LogP contribution in [0.2, 0.25) is 5.02 Å². The van der Waals surface area contributed by atoms with Gasteiger partial charge in [0.05, 0.1) is 18.4 Å². The summed E-state index contributed by atoms with van der Waals surface area (Å²) in [6, 6.07) is 24.0. The third kappa shape index (κ3) is 4.02. The molecular weight excluding hydrogens is 450 g/mol. The van der Waals surface area contributed by atoms with Crippen LogP contribution in [0.5, 0.6) is 5.75 Å². The van der Waals surface area contributed by atoms with Gasteiger partial charge in [0.15, 0.2) is 5.82 Å². The normalized spacial score (nSPS) is 14.9. The minimum atomic E-state index is -0.479. The number of hydrogen-bond acceptors (Lipinski definition) is 5. The van der Waals surface area contributed by atoms with Crippen LogP contribution in [0.1, 0.15) is 18.5 Å². The molecule has 1 aromatic heterocycles. The molecule has 1 atom stereocenters. The molecule has 1 unspecified atom stereocenters. The average Bonchev–Trinajstić information content (AvgIpc) is 3.27. The number of carbonyl (C=O) groups excluding carboxylic acids is 1. The Morgan fingerprint density at radius 1 is 1.06 bits per heavy atom. The van der Waals surface area contributed by atoms with E-state index in [0.717, 1.165) is 11.1 Å². The van der Waals surface area contributed by atoms with Gasteiger partial charge in [-0.1, -0.05) is 66.2 Å². The number of aromatic nitrogens is 3. The van der Waals surface area contributed by atoms with Crippen molar-refractivity contribution in [3.8, 4) is 17.1 Å². The Morgan fingerprint density at radius 2 is 1.82 bits per heavy atom. The number of ether oxygens (including phenoxy) is 1. The van der Waals surface area contributed by atoms with Crippen molar-refractivity contribution in [1.29, 1.82) is 0 Å². The number of benzene rings is 3. The van der Waals surface area contributed by atoms with Crippen LogP contribution in [0.25, 0.3) is 11.4 Å². The molecule has 7 nitrogen and oxygen atoms in total. The molecule has 0 aliphatic carbocycles. The summed E-state index contributed by atoms with van der Waals surface area (Å²) >= 11 is 6.19. The lowest BCUT2D eigenvalue weighted by atomic mass is 9.95. The highest BCUT2D eigenvalue weighted by Crippen LogP contribution is 2.37. The van der Waals surface area contributed by atoms with Gasteiger partial charge in [0.1, 0.15) is 11.8 Å². The second-order valence-electron chi connectivity index (χ2n) is 7.85. The number of amides is 1. The fourth-order valence-electron chi connectivity index (χ4n) is 4.08. The van der Waals surface area contributed by atoms with Crippen LogP contribution in [0.4, 0.5) is 11.6 Å². The van der Waals surface area contributed by atoms with Crippen molar-refractivity contribution < 1.29 is 9.53 Å². The quantitative estimate of drug-likeness (QED) is 0.399. The second-order valence-corrected chi connectivity index (χ2v) is 8.28. The van der Waals surface area contributed by atoms with Crippen LogP contribution in [0, 0.1) is 0 Å². The molecule has 34 heavy (non-hydrogen) atoms. The number of carbonyl (C=O) groups is 1. The first-order chi connectivity index (χ1) is 16.5. The topological polar surface area (TPSA) is 81.1 Å². The van der Waals surface area contributed by atoms with Crippen LogP contribution in [-0.2, 0) is 4.79 Å². The summed E-state index contributed by atoms with van der Waals surface area (Å²) in [7, 11) is 1.57. The number of nitrogens with one attached hydrogen (secondary N) is 2. The van der Waals surface area contributed by atoms with Gasteiger partial charge < -0.3 is 15.4 Å². The number of nitrogens with zero attached hydrogens (tertiary/aromatic N) is 3. The molecule has 0 radical (unpaired) electrons. The molecule has 1 aliphatic heterocycles. The first-order valence-corrected chi connectivity index (χ1v) is 11.1. The van der Waals surface area contributed by atoms with Crippen LogP contribution in [0.15, 0.2) is 90.1 Å². The molecule has 170 valence electrons. The number of anilines is 2. The van der Waals surface area contributed by atoms with Crippen molar-refractivity contribution in [1.82, 2.24) is 14.8 Å². The monoisotopic (exact) mass is 471 g/mol. The number of allylic oxidation sites excluding steroid dienone is 1. The van der Waals surface area contributed by atoms with E-state index in [1.807, 2.05) is 67.6 Å². The zero-order valence-electron chi connectivity index (χ0n) is 18.6. The van der Waals surface area contributed by atoms with Gasteiger partial charge in [0, 0.05) is 16.3 Å². The fourth-order valence-corrected chi connectivity index (χ4v) is 4.27. The Bertz CT molecular complexity index is 1400. The molecule has 1 aliphatic rings. The molecule has 8 heteroatoms. The zero-order valence-corrected chi connectivity index (χ0v) is 19.4. The van der Waals surface area contributed by atoms with Gasteiger partial charge in [0.25, 0.3) is 5.91 Å². The Balaban J connectivity index is 1.59. The Hall–Kier alpha value is -4.10. The maximum atomic E-state index is 13.6. The molecule has 0 spiro atoms. The number of hydrogen-bond donors (Lipinski definition) is 2. The Morgan fingerprint density at radius 3 is 2.59 bits per heavy atom. The lowest BCUT2D eigenvalue weighted by Crippen LogP contribution is -2.31. The number of para-hydroxylation sites is 2. The van der Waals surface area contributed by atoms with Crippen molar-refractivity contribution in [3.05, 3.63) is 101 Å². The van der Waals surface area contributed by atoms with E-state index < -0.39 is 6.04 Å². The maximum absolute atomic E-state index is 13.6. The van der Waals surface area contributed by atoms with E-state index in [1.165, 1.54) is 0 Å². The van der Waals surface area contributed by atoms with Crippen molar-refractivity contribution in [2.24, 2.45) is 0 Å². The summed E-state index contributed by atoms with van der Waals surface area (Å²) in [5.74, 6) is 1.40. The maximum Gasteiger partial charge on any atom is 0.255 e. The van der Waals surface area contributed by atoms with Gasteiger partial charge in [-0.3, -0.25) is 4.79 Å². The van der Waals surface area contributed by atoms with Crippen LogP contribution >= 0.6 is 11.6 Å². The average molecular weight is 472 g/mol. The lowest BCUT2D eigenvalue weighted by Gasteiger charge is -2.28. The number of fused-ring (bicyclic) bond motifs is 1. The minimum absolute atomic E-state index is 0.256. The van der Waals surface area contributed by atoms with E-state index in [9.17, 15) is 4.79 Å². The van der Waals surface area contributed by atoms with Gasteiger partial charge >= 0.3 is 0 Å². The summed E-state index contributed by atoms with van der Waals surface area (Å²) in [6.45, 7) is 1.87. The smallest absolute Gasteiger partial charge is 0.255 e. The first kappa shape index (κ1) is 21.7. The van der Waals surface area contributed by atoms with E-state index in [0.29, 0.717) is 39.5 Å². The van der Waals surface area contributed by atoms with E-state index in [2.05, 4.69) is 15.6 Å².